The lowest BCUT2D eigenvalue weighted by atomic mass is 10.2. The number of carbonyl (C=O) groups excluding carboxylic acids is 1. The number of nitrogens with zero attached hydrogens (tertiary/aromatic N) is 3. The first-order valence-corrected chi connectivity index (χ1v) is 5.08. The minimum Gasteiger partial charge on any atom is -0.389 e. The zero-order valence-corrected chi connectivity index (χ0v) is 9.24. The van der Waals surface area contributed by atoms with Crippen molar-refractivity contribution in [3.63, 3.8) is 0 Å². The van der Waals surface area contributed by atoms with Crippen LogP contribution in [0.15, 0.2) is 30.6 Å². The molecule has 0 aromatic carbocycles. The van der Waals surface area contributed by atoms with Crippen molar-refractivity contribution in [2.45, 2.75) is 13.0 Å². The maximum absolute atomic E-state index is 10.9. The van der Waals surface area contributed by atoms with E-state index in [0.29, 0.717) is 5.82 Å². The Bertz CT molecular complexity index is 548. The fraction of sp³-hybridized carbons (Fsp3) is 0.182. The first-order chi connectivity index (χ1) is 8.08. The Balaban J connectivity index is 2.38. The molecule has 88 valence electrons. The maximum atomic E-state index is 10.9. The van der Waals surface area contributed by atoms with E-state index in [-0.39, 0.29) is 5.69 Å². The van der Waals surface area contributed by atoms with E-state index in [2.05, 4.69) is 10.1 Å². The van der Waals surface area contributed by atoms with Crippen molar-refractivity contribution in [3.05, 3.63) is 41.9 Å². The first-order valence-electron chi connectivity index (χ1n) is 5.08. The van der Waals surface area contributed by atoms with Gasteiger partial charge in [0.1, 0.15) is 5.69 Å². The minimum absolute atomic E-state index is 0.175. The van der Waals surface area contributed by atoms with Gasteiger partial charge in [0.2, 0.25) is 0 Å². The smallest absolute Gasteiger partial charge is 0.269 e. The highest BCUT2D eigenvalue weighted by Crippen LogP contribution is 2.14. The number of carbonyl (C=O) groups is 1. The molecule has 2 aromatic rings. The molecule has 0 spiro atoms. The van der Waals surface area contributed by atoms with Crippen LogP contribution in [0.5, 0.6) is 0 Å². The second-order valence-corrected chi connectivity index (χ2v) is 3.63. The fourth-order valence-electron chi connectivity index (χ4n) is 1.40. The molecule has 0 aliphatic rings. The number of hydrogen-bond acceptors (Lipinski definition) is 4. The van der Waals surface area contributed by atoms with Crippen LogP contribution in [0, 0.1) is 0 Å². The Morgan fingerprint density at radius 2 is 2.29 bits per heavy atom. The SMILES string of the molecule is CC(O)c1ccnc(-n2ccc(C(N)=O)n2)c1. The second kappa shape index (κ2) is 4.34. The molecule has 17 heavy (non-hydrogen) atoms. The van der Waals surface area contributed by atoms with E-state index in [1.807, 2.05) is 0 Å². The Hall–Kier alpha value is -2.21. The fourth-order valence-corrected chi connectivity index (χ4v) is 1.40. The highest BCUT2D eigenvalue weighted by Gasteiger charge is 2.08. The van der Waals surface area contributed by atoms with Gasteiger partial charge in [-0.3, -0.25) is 4.79 Å². The largest absolute Gasteiger partial charge is 0.389 e. The molecule has 6 nitrogen and oxygen atoms in total. The van der Waals surface area contributed by atoms with E-state index in [1.54, 1.807) is 31.5 Å². The number of primary amides is 1. The van der Waals surface area contributed by atoms with Crippen LogP contribution in [0.4, 0.5) is 0 Å². The van der Waals surface area contributed by atoms with Crippen molar-refractivity contribution in [2.24, 2.45) is 5.73 Å². The third kappa shape index (κ3) is 2.31. The van der Waals surface area contributed by atoms with Crippen molar-refractivity contribution in [1.29, 1.82) is 0 Å². The number of aromatic nitrogens is 3. The number of hydrogen-bond donors (Lipinski definition) is 2. The summed E-state index contributed by atoms with van der Waals surface area (Å²) in [4.78, 5) is 15.0. The summed E-state index contributed by atoms with van der Waals surface area (Å²) in [5.74, 6) is -0.0636. The molecule has 2 rings (SSSR count). The maximum Gasteiger partial charge on any atom is 0.269 e. The third-order valence-corrected chi connectivity index (χ3v) is 2.33. The molecule has 1 amide bonds. The van der Waals surface area contributed by atoms with Crippen molar-refractivity contribution >= 4 is 5.91 Å². The molecular weight excluding hydrogens is 220 g/mol. The van der Waals surface area contributed by atoms with Crippen molar-refractivity contribution < 1.29 is 9.90 Å². The normalized spacial score (nSPS) is 12.4. The highest BCUT2D eigenvalue weighted by atomic mass is 16.3. The first kappa shape index (κ1) is 11.3. The molecule has 2 heterocycles. The second-order valence-electron chi connectivity index (χ2n) is 3.63. The number of pyridine rings is 1. The Morgan fingerprint density at radius 1 is 1.53 bits per heavy atom. The summed E-state index contributed by atoms with van der Waals surface area (Å²) in [5, 5.41) is 13.4. The average Bonchev–Trinajstić information content (AvgIpc) is 2.78. The molecule has 0 bridgehead atoms. The molecule has 2 aromatic heterocycles. The lowest BCUT2D eigenvalue weighted by Gasteiger charge is -2.06. The predicted octanol–water partition coefficient (Wildman–Crippen LogP) is 0.420. The van der Waals surface area contributed by atoms with Gasteiger partial charge in [-0.05, 0) is 30.7 Å². The lowest BCUT2D eigenvalue weighted by Crippen LogP contribution is -2.12. The van der Waals surface area contributed by atoms with Gasteiger partial charge in [-0.2, -0.15) is 5.10 Å². The van der Waals surface area contributed by atoms with Crippen LogP contribution in [0.25, 0.3) is 5.82 Å². The van der Waals surface area contributed by atoms with Gasteiger partial charge >= 0.3 is 0 Å². The van der Waals surface area contributed by atoms with E-state index in [9.17, 15) is 9.90 Å². The van der Waals surface area contributed by atoms with Crippen LogP contribution in [-0.4, -0.2) is 25.8 Å². The Labute approximate surface area is 97.7 Å². The molecule has 1 unspecified atom stereocenters. The van der Waals surface area contributed by atoms with Gasteiger partial charge in [-0.25, -0.2) is 9.67 Å². The zero-order chi connectivity index (χ0) is 12.4. The Kier molecular flexibility index (Phi) is 2.88. The van der Waals surface area contributed by atoms with Crippen molar-refractivity contribution in [1.82, 2.24) is 14.8 Å². The van der Waals surface area contributed by atoms with E-state index >= 15 is 0 Å². The molecule has 0 fully saturated rings. The van der Waals surface area contributed by atoms with E-state index in [4.69, 9.17) is 5.73 Å². The highest BCUT2D eigenvalue weighted by molar-refractivity contribution is 5.90. The molecule has 0 saturated heterocycles. The van der Waals surface area contributed by atoms with Crippen LogP contribution in [-0.2, 0) is 0 Å². The number of rotatable bonds is 3. The Morgan fingerprint density at radius 3 is 2.88 bits per heavy atom. The quantitative estimate of drug-likeness (QED) is 0.801. The van der Waals surface area contributed by atoms with Gasteiger partial charge in [0.15, 0.2) is 5.82 Å². The number of aliphatic hydroxyl groups excluding tert-OH is 1. The number of aliphatic hydroxyl groups is 1. The average molecular weight is 232 g/mol. The van der Waals surface area contributed by atoms with Gasteiger partial charge < -0.3 is 10.8 Å². The lowest BCUT2D eigenvalue weighted by molar-refractivity contribution is 0.0995. The van der Waals surface area contributed by atoms with Crippen LogP contribution < -0.4 is 5.73 Å². The van der Waals surface area contributed by atoms with Gasteiger partial charge in [0.25, 0.3) is 5.91 Å². The standard InChI is InChI=1S/C11H12N4O2/c1-7(16)8-2-4-13-10(6-8)15-5-3-9(14-15)11(12)17/h2-7,16H,1H3,(H2,12,17). The summed E-state index contributed by atoms with van der Waals surface area (Å²) in [5.41, 5.74) is 6.01. The molecule has 0 aliphatic heterocycles. The molecule has 6 heteroatoms. The van der Waals surface area contributed by atoms with Crippen LogP contribution in [0.3, 0.4) is 0 Å². The van der Waals surface area contributed by atoms with Gasteiger partial charge in [-0.1, -0.05) is 0 Å². The summed E-state index contributed by atoms with van der Waals surface area (Å²) < 4.78 is 1.44. The predicted molar refractivity (Wildman–Crippen MR) is 60.5 cm³/mol. The third-order valence-electron chi connectivity index (χ3n) is 2.33. The molecule has 3 N–H and O–H groups in total. The van der Waals surface area contributed by atoms with E-state index < -0.39 is 12.0 Å². The summed E-state index contributed by atoms with van der Waals surface area (Å²) in [6.45, 7) is 1.66. The topological polar surface area (TPSA) is 94.0 Å². The number of amides is 1. The van der Waals surface area contributed by atoms with Crippen LogP contribution in [0.2, 0.25) is 0 Å². The molecular formula is C11H12N4O2. The van der Waals surface area contributed by atoms with E-state index in [1.165, 1.54) is 10.7 Å². The molecule has 0 saturated carbocycles. The summed E-state index contributed by atoms with van der Waals surface area (Å²) in [6, 6.07) is 4.92. The van der Waals surface area contributed by atoms with E-state index in [0.717, 1.165) is 5.56 Å². The van der Waals surface area contributed by atoms with Gasteiger partial charge in [0.05, 0.1) is 6.10 Å². The molecule has 1 atom stereocenters. The van der Waals surface area contributed by atoms with Crippen LogP contribution >= 0.6 is 0 Å². The summed E-state index contributed by atoms with van der Waals surface area (Å²) >= 11 is 0. The monoisotopic (exact) mass is 232 g/mol. The number of nitrogens with two attached hydrogens (primary N) is 1. The van der Waals surface area contributed by atoms with Gasteiger partial charge in [-0.15, -0.1) is 0 Å². The van der Waals surface area contributed by atoms with Crippen molar-refractivity contribution in [2.75, 3.05) is 0 Å². The zero-order valence-electron chi connectivity index (χ0n) is 9.24. The summed E-state index contributed by atoms with van der Waals surface area (Å²) in [7, 11) is 0. The minimum atomic E-state index is -0.588. The van der Waals surface area contributed by atoms with Crippen LogP contribution in [0.1, 0.15) is 29.1 Å². The molecule has 0 aliphatic carbocycles. The van der Waals surface area contributed by atoms with Gasteiger partial charge in [0, 0.05) is 12.4 Å². The molecule has 0 radical (unpaired) electrons. The summed E-state index contributed by atoms with van der Waals surface area (Å²) in [6.07, 6.45) is 2.58. The van der Waals surface area contributed by atoms with Crippen molar-refractivity contribution in [3.8, 4) is 5.82 Å².